The third kappa shape index (κ3) is 3.51. The highest BCUT2D eigenvalue weighted by atomic mass is 32.2. The van der Waals surface area contributed by atoms with E-state index in [1.54, 1.807) is 0 Å². The lowest BCUT2D eigenvalue weighted by molar-refractivity contribution is 0.482. The number of nitrogens with zero attached hydrogens (tertiary/aromatic N) is 2. The molecule has 0 aliphatic heterocycles. The molecule has 5 heteroatoms. The van der Waals surface area contributed by atoms with Gasteiger partial charge < -0.3 is 4.74 Å². The van der Waals surface area contributed by atoms with Crippen molar-refractivity contribution in [3.8, 4) is 22.8 Å². The SMILES string of the molecule is Cc1cccn2c(-c3cccc(Oc4ccc(SN)cc4)c3)c(C(C)C)nc12. The maximum atomic E-state index is 6.07. The summed E-state index contributed by atoms with van der Waals surface area (Å²) in [6.07, 6.45) is 2.08. The molecule has 0 radical (unpaired) electrons. The van der Waals surface area contributed by atoms with Crippen molar-refractivity contribution in [2.75, 3.05) is 0 Å². The third-order valence-electron chi connectivity index (χ3n) is 4.72. The van der Waals surface area contributed by atoms with Crippen LogP contribution < -0.4 is 9.88 Å². The Morgan fingerprint density at radius 2 is 1.79 bits per heavy atom. The third-order valence-corrected chi connectivity index (χ3v) is 5.27. The molecule has 28 heavy (non-hydrogen) atoms. The van der Waals surface area contributed by atoms with E-state index >= 15 is 0 Å². The highest BCUT2D eigenvalue weighted by molar-refractivity contribution is 7.97. The van der Waals surface area contributed by atoms with Gasteiger partial charge in [0.25, 0.3) is 0 Å². The second-order valence-electron chi connectivity index (χ2n) is 7.10. The molecule has 0 saturated carbocycles. The lowest BCUT2D eigenvalue weighted by Crippen LogP contribution is -1.94. The topological polar surface area (TPSA) is 52.5 Å². The first kappa shape index (κ1) is 18.6. The molecule has 0 saturated heterocycles. The van der Waals surface area contributed by atoms with Crippen LogP contribution in [0.15, 0.2) is 71.8 Å². The van der Waals surface area contributed by atoms with Crippen LogP contribution in [-0.2, 0) is 0 Å². The highest BCUT2D eigenvalue weighted by Crippen LogP contribution is 2.34. The molecule has 2 aromatic heterocycles. The Balaban J connectivity index is 1.77. The molecule has 4 aromatic rings. The van der Waals surface area contributed by atoms with Crippen LogP contribution >= 0.6 is 11.9 Å². The number of ether oxygens (including phenoxy) is 1. The average Bonchev–Trinajstić information content (AvgIpc) is 3.10. The molecule has 0 aliphatic rings. The summed E-state index contributed by atoms with van der Waals surface area (Å²) in [4.78, 5) is 5.93. The molecule has 0 atom stereocenters. The van der Waals surface area contributed by atoms with Gasteiger partial charge >= 0.3 is 0 Å². The Bertz CT molecular complexity index is 1120. The molecule has 2 aromatic carbocycles. The summed E-state index contributed by atoms with van der Waals surface area (Å²) in [7, 11) is 0. The first-order valence-electron chi connectivity index (χ1n) is 9.29. The van der Waals surface area contributed by atoms with Gasteiger partial charge in [0, 0.05) is 16.7 Å². The van der Waals surface area contributed by atoms with E-state index in [0.717, 1.165) is 39.0 Å². The Morgan fingerprint density at radius 3 is 2.50 bits per heavy atom. The summed E-state index contributed by atoms with van der Waals surface area (Å²) in [5.41, 5.74) is 5.47. The smallest absolute Gasteiger partial charge is 0.140 e. The van der Waals surface area contributed by atoms with Crippen molar-refractivity contribution in [2.45, 2.75) is 31.6 Å². The fourth-order valence-corrected chi connectivity index (χ4v) is 3.63. The van der Waals surface area contributed by atoms with E-state index in [1.165, 1.54) is 17.5 Å². The van der Waals surface area contributed by atoms with Gasteiger partial charge in [0.1, 0.15) is 17.1 Å². The van der Waals surface area contributed by atoms with Crippen molar-refractivity contribution in [3.05, 3.63) is 78.1 Å². The average molecular weight is 390 g/mol. The summed E-state index contributed by atoms with van der Waals surface area (Å²) in [6, 6.07) is 20.1. The van der Waals surface area contributed by atoms with Gasteiger partial charge in [-0.1, -0.05) is 32.0 Å². The van der Waals surface area contributed by atoms with Crippen molar-refractivity contribution >= 4 is 17.6 Å². The van der Waals surface area contributed by atoms with Crippen molar-refractivity contribution in [1.29, 1.82) is 0 Å². The lowest BCUT2D eigenvalue weighted by Gasteiger charge is -2.11. The number of nitrogens with two attached hydrogens (primary N) is 1. The second kappa shape index (κ2) is 7.70. The number of fused-ring (bicyclic) bond motifs is 1. The van der Waals surface area contributed by atoms with Crippen LogP contribution in [0.5, 0.6) is 11.5 Å². The Hall–Kier alpha value is -2.76. The van der Waals surface area contributed by atoms with Gasteiger partial charge in [0.05, 0.1) is 11.4 Å². The summed E-state index contributed by atoms with van der Waals surface area (Å²) in [6.45, 7) is 6.45. The Labute approximate surface area is 169 Å². The Morgan fingerprint density at radius 1 is 1.00 bits per heavy atom. The molecule has 0 amide bonds. The van der Waals surface area contributed by atoms with Gasteiger partial charge in [-0.25, -0.2) is 4.98 Å². The number of hydrogen-bond donors (Lipinski definition) is 1. The second-order valence-corrected chi connectivity index (χ2v) is 7.81. The van der Waals surface area contributed by atoms with Crippen LogP contribution in [0.25, 0.3) is 16.9 Å². The van der Waals surface area contributed by atoms with E-state index in [2.05, 4.69) is 55.6 Å². The predicted octanol–water partition coefficient (Wildman–Crippen LogP) is 6.19. The van der Waals surface area contributed by atoms with Crippen molar-refractivity contribution < 1.29 is 4.74 Å². The zero-order valence-corrected chi connectivity index (χ0v) is 17.0. The number of aryl methyl sites for hydroxylation is 1. The van der Waals surface area contributed by atoms with Gasteiger partial charge in [-0.3, -0.25) is 9.54 Å². The summed E-state index contributed by atoms with van der Waals surface area (Å²) >= 11 is 1.23. The fraction of sp³-hybridized carbons (Fsp3) is 0.174. The lowest BCUT2D eigenvalue weighted by atomic mass is 10.0. The van der Waals surface area contributed by atoms with Crippen LogP contribution in [0.1, 0.15) is 31.0 Å². The number of rotatable bonds is 5. The van der Waals surface area contributed by atoms with Gasteiger partial charge in [-0.15, -0.1) is 0 Å². The zero-order valence-electron chi connectivity index (χ0n) is 16.2. The first-order valence-corrected chi connectivity index (χ1v) is 10.2. The normalized spacial score (nSPS) is 11.3. The summed E-state index contributed by atoms with van der Waals surface area (Å²) in [5, 5.41) is 5.59. The molecule has 0 unspecified atom stereocenters. The van der Waals surface area contributed by atoms with E-state index in [4.69, 9.17) is 14.9 Å². The van der Waals surface area contributed by atoms with Crippen molar-refractivity contribution in [2.24, 2.45) is 5.14 Å². The minimum absolute atomic E-state index is 0.320. The highest BCUT2D eigenvalue weighted by Gasteiger charge is 2.18. The monoisotopic (exact) mass is 389 g/mol. The standard InChI is InChI=1S/C23H23N3OS/c1-15(2)21-22(26-13-5-6-16(3)23(26)25-21)17-7-4-8-19(14-17)27-18-9-11-20(28-24)12-10-18/h4-15H,24H2,1-3H3. The van der Waals surface area contributed by atoms with Crippen LogP contribution in [0.3, 0.4) is 0 Å². The number of imidazole rings is 1. The predicted molar refractivity (Wildman–Crippen MR) is 116 cm³/mol. The van der Waals surface area contributed by atoms with Crippen LogP contribution in [0.2, 0.25) is 0 Å². The van der Waals surface area contributed by atoms with E-state index in [0.29, 0.717) is 5.92 Å². The molecular weight excluding hydrogens is 366 g/mol. The molecule has 142 valence electrons. The van der Waals surface area contributed by atoms with Crippen LogP contribution in [0.4, 0.5) is 0 Å². The van der Waals surface area contributed by atoms with E-state index in [-0.39, 0.29) is 0 Å². The fourth-order valence-electron chi connectivity index (χ4n) is 3.34. The number of pyridine rings is 1. The minimum Gasteiger partial charge on any atom is -0.457 e. The number of hydrogen-bond acceptors (Lipinski definition) is 4. The van der Waals surface area contributed by atoms with E-state index in [9.17, 15) is 0 Å². The molecule has 0 aliphatic carbocycles. The van der Waals surface area contributed by atoms with Gasteiger partial charge in [-0.2, -0.15) is 0 Å². The van der Waals surface area contributed by atoms with Crippen LogP contribution in [-0.4, -0.2) is 9.38 Å². The maximum absolute atomic E-state index is 6.07. The summed E-state index contributed by atoms with van der Waals surface area (Å²) < 4.78 is 8.25. The summed E-state index contributed by atoms with van der Waals surface area (Å²) in [5.74, 6) is 1.90. The molecule has 4 nitrogen and oxygen atoms in total. The van der Waals surface area contributed by atoms with Crippen molar-refractivity contribution in [3.63, 3.8) is 0 Å². The molecule has 2 N–H and O–H groups in total. The van der Waals surface area contributed by atoms with E-state index < -0.39 is 0 Å². The molecule has 2 heterocycles. The zero-order chi connectivity index (χ0) is 19.7. The molecule has 0 bridgehead atoms. The van der Waals surface area contributed by atoms with Gasteiger partial charge in [0.2, 0.25) is 0 Å². The quantitative estimate of drug-likeness (QED) is 0.413. The number of benzene rings is 2. The van der Waals surface area contributed by atoms with Gasteiger partial charge in [0.15, 0.2) is 0 Å². The Kier molecular flexibility index (Phi) is 5.11. The molecule has 0 spiro atoms. The van der Waals surface area contributed by atoms with Gasteiger partial charge in [-0.05, 0) is 72.8 Å². The minimum atomic E-state index is 0.320. The van der Waals surface area contributed by atoms with Crippen LogP contribution in [0, 0.1) is 6.92 Å². The number of aromatic nitrogens is 2. The molecule has 0 fully saturated rings. The van der Waals surface area contributed by atoms with Crippen molar-refractivity contribution in [1.82, 2.24) is 9.38 Å². The molecule has 4 rings (SSSR count). The first-order chi connectivity index (χ1) is 13.6. The maximum Gasteiger partial charge on any atom is 0.140 e. The molecular formula is C23H23N3OS. The largest absolute Gasteiger partial charge is 0.457 e. The van der Waals surface area contributed by atoms with E-state index in [1.807, 2.05) is 36.4 Å².